The summed E-state index contributed by atoms with van der Waals surface area (Å²) in [6.45, 7) is 1.00. The van der Waals surface area contributed by atoms with Crippen molar-refractivity contribution in [2.75, 3.05) is 6.54 Å². The first-order valence-electron chi connectivity index (χ1n) is 9.97. The largest absolute Gasteiger partial charge is 0.481 e. The molecule has 1 unspecified atom stereocenters. The molecule has 144 valence electrons. The van der Waals surface area contributed by atoms with Gasteiger partial charge in [0.1, 0.15) is 0 Å². The topological polar surface area (TPSA) is 65.1 Å². The lowest BCUT2D eigenvalue weighted by molar-refractivity contribution is -0.136. The molecule has 1 aromatic heterocycles. The third-order valence-corrected chi connectivity index (χ3v) is 5.55. The summed E-state index contributed by atoms with van der Waals surface area (Å²) < 4.78 is 0. The standard InChI is InChI=1S/C24H26N2O2/c27-24(28)15-18-6-11-23-21(14-18)22(16-26-23)19-7-9-20(10-8-19)25-13-12-17-4-2-1-3-5-17/h1-7,11,14,16,20,25-26H,8-10,12-13,15H2,(H,27,28). The molecule has 0 fully saturated rings. The van der Waals surface area contributed by atoms with Gasteiger partial charge in [-0.3, -0.25) is 4.79 Å². The molecule has 0 spiro atoms. The molecular weight excluding hydrogens is 348 g/mol. The Balaban J connectivity index is 1.40. The number of H-pyrrole nitrogens is 1. The van der Waals surface area contributed by atoms with Crippen molar-refractivity contribution in [2.45, 2.75) is 38.1 Å². The lowest BCUT2D eigenvalue weighted by Gasteiger charge is -2.23. The number of rotatable bonds is 7. The molecule has 1 aliphatic carbocycles. The van der Waals surface area contributed by atoms with Gasteiger partial charge in [-0.15, -0.1) is 0 Å². The van der Waals surface area contributed by atoms with Gasteiger partial charge >= 0.3 is 5.97 Å². The first-order valence-corrected chi connectivity index (χ1v) is 9.97. The molecule has 2 aromatic carbocycles. The summed E-state index contributed by atoms with van der Waals surface area (Å²) in [5.41, 5.74) is 5.86. The second-order valence-corrected chi connectivity index (χ2v) is 7.54. The zero-order valence-corrected chi connectivity index (χ0v) is 15.9. The quantitative estimate of drug-likeness (QED) is 0.568. The minimum atomic E-state index is -0.794. The Labute approximate surface area is 165 Å². The minimum Gasteiger partial charge on any atom is -0.481 e. The molecular formula is C24H26N2O2. The number of hydrogen-bond acceptors (Lipinski definition) is 2. The smallest absolute Gasteiger partial charge is 0.307 e. The fraction of sp³-hybridized carbons (Fsp3) is 0.292. The molecule has 0 aliphatic heterocycles. The Bertz CT molecular complexity index is 988. The van der Waals surface area contributed by atoms with E-state index < -0.39 is 5.97 Å². The zero-order chi connectivity index (χ0) is 19.3. The fourth-order valence-electron chi connectivity index (χ4n) is 4.05. The molecule has 3 aromatic rings. The molecule has 3 N–H and O–H groups in total. The van der Waals surface area contributed by atoms with Crippen molar-refractivity contribution < 1.29 is 9.90 Å². The molecule has 28 heavy (non-hydrogen) atoms. The normalized spacial score (nSPS) is 16.9. The van der Waals surface area contributed by atoms with Crippen LogP contribution in [-0.2, 0) is 17.6 Å². The summed E-state index contributed by atoms with van der Waals surface area (Å²) in [6, 6.07) is 17.0. The highest BCUT2D eigenvalue weighted by molar-refractivity contribution is 5.93. The number of carboxylic acids is 1. The summed E-state index contributed by atoms with van der Waals surface area (Å²) in [5.74, 6) is -0.794. The number of benzene rings is 2. The molecule has 4 rings (SSSR count). The van der Waals surface area contributed by atoms with Crippen LogP contribution in [0.25, 0.3) is 16.5 Å². The molecule has 0 bridgehead atoms. The van der Waals surface area contributed by atoms with Gasteiger partial charge in [-0.1, -0.05) is 42.5 Å². The number of nitrogens with one attached hydrogen (secondary N) is 2. The van der Waals surface area contributed by atoms with Crippen LogP contribution < -0.4 is 5.32 Å². The van der Waals surface area contributed by atoms with E-state index in [1.807, 2.05) is 18.2 Å². The van der Waals surface area contributed by atoms with E-state index in [2.05, 4.69) is 52.9 Å². The fourth-order valence-corrected chi connectivity index (χ4v) is 4.05. The van der Waals surface area contributed by atoms with Crippen molar-refractivity contribution in [1.29, 1.82) is 0 Å². The number of aromatic amines is 1. The van der Waals surface area contributed by atoms with Gasteiger partial charge in [0, 0.05) is 28.7 Å². The number of allylic oxidation sites excluding steroid dienone is 1. The predicted molar refractivity (Wildman–Crippen MR) is 113 cm³/mol. The molecule has 0 saturated heterocycles. The van der Waals surface area contributed by atoms with E-state index in [9.17, 15) is 4.79 Å². The average Bonchev–Trinajstić information content (AvgIpc) is 3.12. The Hall–Kier alpha value is -2.85. The van der Waals surface area contributed by atoms with Crippen LogP contribution in [0.2, 0.25) is 0 Å². The highest BCUT2D eigenvalue weighted by atomic mass is 16.4. The summed E-state index contributed by atoms with van der Waals surface area (Å²) in [5, 5.41) is 13.9. The molecule has 1 aliphatic rings. The third-order valence-electron chi connectivity index (χ3n) is 5.55. The van der Waals surface area contributed by atoms with E-state index in [0.717, 1.165) is 48.7 Å². The van der Waals surface area contributed by atoms with Crippen LogP contribution in [-0.4, -0.2) is 28.6 Å². The zero-order valence-electron chi connectivity index (χ0n) is 15.9. The molecule has 0 amide bonds. The Morgan fingerprint density at radius 3 is 2.75 bits per heavy atom. The highest BCUT2D eigenvalue weighted by Crippen LogP contribution is 2.32. The van der Waals surface area contributed by atoms with Crippen LogP contribution in [0.4, 0.5) is 0 Å². The van der Waals surface area contributed by atoms with Crippen molar-refractivity contribution in [3.8, 4) is 0 Å². The van der Waals surface area contributed by atoms with Gasteiger partial charge in [0.15, 0.2) is 0 Å². The number of fused-ring (bicyclic) bond motifs is 1. The van der Waals surface area contributed by atoms with E-state index >= 15 is 0 Å². The summed E-state index contributed by atoms with van der Waals surface area (Å²) in [7, 11) is 0. The maximum absolute atomic E-state index is 11.0. The summed E-state index contributed by atoms with van der Waals surface area (Å²) >= 11 is 0. The van der Waals surface area contributed by atoms with Crippen LogP contribution in [0.3, 0.4) is 0 Å². The van der Waals surface area contributed by atoms with E-state index in [4.69, 9.17) is 5.11 Å². The molecule has 4 nitrogen and oxygen atoms in total. The molecule has 1 heterocycles. The molecule has 1 atom stereocenters. The first kappa shape index (κ1) is 18.5. The minimum absolute atomic E-state index is 0.0625. The van der Waals surface area contributed by atoms with Crippen molar-refractivity contribution in [1.82, 2.24) is 10.3 Å². The lowest BCUT2D eigenvalue weighted by atomic mass is 9.90. The van der Waals surface area contributed by atoms with Gasteiger partial charge in [0.25, 0.3) is 0 Å². The van der Waals surface area contributed by atoms with Gasteiger partial charge in [-0.25, -0.2) is 0 Å². The van der Waals surface area contributed by atoms with E-state index in [0.29, 0.717) is 6.04 Å². The molecule has 4 heteroatoms. The van der Waals surface area contributed by atoms with Crippen molar-refractivity contribution in [3.63, 3.8) is 0 Å². The highest BCUT2D eigenvalue weighted by Gasteiger charge is 2.17. The van der Waals surface area contributed by atoms with Crippen LogP contribution >= 0.6 is 0 Å². The van der Waals surface area contributed by atoms with Gasteiger partial charge in [0.2, 0.25) is 0 Å². The molecule has 0 radical (unpaired) electrons. The number of aliphatic carboxylic acids is 1. The second kappa shape index (κ2) is 8.44. The summed E-state index contributed by atoms with van der Waals surface area (Å²) in [6.07, 6.45) is 8.73. The van der Waals surface area contributed by atoms with E-state index in [-0.39, 0.29) is 6.42 Å². The Morgan fingerprint density at radius 1 is 1.14 bits per heavy atom. The lowest BCUT2D eigenvalue weighted by Crippen LogP contribution is -2.31. The Morgan fingerprint density at radius 2 is 2.00 bits per heavy atom. The number of carboxylic acid groups (broad SMARTS) is 1. The van der Waals surface area contributed by atoms with Crippen molar-refractivity contribution >= 4 is 22.4 Å². The third kappa shape index (κ3) is 4.34. The SMILES string of the molecule is O=C(O)Cc1ccc2[nH]cc(C3=CCC(NCCc4ccccc4)CC3)c2c1. The maximum atomic E-state index is 11.0. The first-order chi connectivity index (χ1) is 13.7. The van der Waals surface area contributed by atoms with Crippen LogP contribution in [0, 0.1) is 0 Å². The number of aromatic nitrogens is 1. The van der Waals surface area contributed by atoms with Gasteiger partial charge in [-0.2, -0.15) is 0 Å². The predicted octanol–water partition coefficient (Wildman–Crippen LogP) is 4.56. The van der Waals surface area contributed by atoms with Crippen molar-refractivity contribution in [3.05, 3.63) is 77.5 Å². The maximum Gasteiger partial charge on any atom is 0.307 e. The van der Waals surface area contributed by atoms with Crippen molar-refractivity contribution in [2.24, 2.45) is 0 Å². The van der Waals surface area contributed by atoms with E-state index in [1.54, 1.807) is 0 Å². The van der Waals surface area contributed by atoms with Gasteiger partial charge < -0.3 is 15.4 Å². The van der Waals surface area contributed by atoms with E-state index in [1.165, 1.54) is 16.7 Å². The van der Waals surface area contributed by atoms with Gasteiger partial charge in [-0.05, 0) is 61.1 Å². The average molecular weight is 374 g/mol. The van der Waals surface area contributed by atoms with Crippen LogP contribution in [0.15, 0.2) is 60.8 Å². The Kier molecular flexibility index (Phi) is 5.58. The van der Waals surface area contributed by atoms with Crippen LogP contribution in [0.5, 0.6) is 0 Å². The summed E-state index contributed by atoms with van der Waals surface area (Å²) in [4.78, 5) is 14.3. The van der Waals surface area contributed by atoms with Crippen LogP contribution in [0.1, 0.15) is 36.0 Å². The molecule has 0 saturated carbocycles. The second-order valence-electron chi connectivity index (χ2n) is 7.54. The number of carbonyl (C=O) groups is 1. The monoisotopic (exact) mass is 374 g/mol. The van der Waals surface area contributed by atoms with Gasteiger partial charge in [0.05, 0.1) is 6.42 Å². The number of hydrogen-bond donors (Lipinski definition) is 3.